The van der Waals surface area contributed by atoms with Crippen molar-refractivity contribution in [2.75, 3.05) is 6.54 Å². The quantitative estimate of drug-likeness (QED) is 0.676. The van der Waals surface area contributed by atoms with Crippen molar-refractivity contribution < 1.29 is 15.0 Å². The topological polar surface area (TPSA) is 83.6 Å². The van der Waals surface area contributed by atoms with Crippen LogP contribution in [0.25, 0.3) is 0 Å². The van der Waals surface area contributed by atoms with Gasteiger partial charge >= 0.3 is 6.16 Å². The Hall–Kier alpha value is -1.55. The molecule has 4 heteroatoms. The minimum absolute atomic E-state index is 0.487. The highest BCUT2D eigenvalue weighted by molar-refractivity contribution is 5.53. The molecule has 1 unspecified atom stereocenters. The van der Waals surface area contributed by atoms with Crippen LogP contribution in [0.4, 0.5) is 4.79 Å². The summed E-state index contributed by atoms with van der Waals surface area (Å²) in [6.45, 7) is 2.86. The van der Waals surface area contributed by atoms with Gasteiger partial charge in [0.1, 0.15) is 0 Å². The van der Waals surface area contributed by atoms with Gasteiger partial charge < -0.3 is 15.9 Å². The van der Waals surface area contributed by atoms with Gasteiger partial charge in [0.05, 0.1) is 0 Å². The van der Waals surface area contributed by atoms with Gasteiger partial charge in [0, 0.05) is 0 Å². The molecule has 1 rings (SSSR count). The molecular weight excluding hydrogens is 182 g/mol. The Morgan fingerprint density at radius 3 is 2.14 bits per heavy atom. The van der Waals surface area contributed by atoms with Gasteiger partial charge in [-0.1, -0.05) is 37.3 Å². The van der Waals surface area contributed by atoms with Crippen LogP contribution in [0.15, 0.2) is 30.3 Å². The van der Waals surface area contributed by atoms with Crippen LogP contribution in [0, 0.1) is 0 Å². The maximum Gasteiger partial charge on any atom is 0.503 e. The minimum Gasteiger partial charge on any atom is -0.450 e. The fourth-order valence-corrected chi connectivity index (χ4v) is 0.918. The molecule has 0 heterocycles. The summed E-state index contributed by atoms with van der Waals surface area (Å²) < 4.78 is 0. The first-order chi connectivity index (χ1) is 6.57. The predicted octanol–water partition coefficient (Wildman–Crippen LogP) is 1.97. The van der Waals surface area contributed by atoms with Gasteiger partial charge in [-0.05, 0) is 18.0 Å². The van der Waals surface area contributed by atoms with Crippen LogP contribution in [0.5, 0.6) is 0 Å². The highest BCUT2D eigenvalue weighted by Crippen LogP contribution is 2.11. The number of rotatable bonds is 2. The van der Waals surface area contributed by atoms with E-state index in [1.54, 1.807) is 0 Å². The molecule has 0 bridgehead atoms. The van der Waals surface area contributed by atoms with E-state index >= 15 is 0 Å². The average molecular weight is 197 g/mol. The second-order valence-electron chi connectivity index (χ2n) is 2.83. The van der Waals surface area contributed by atoms with Crippen LogP contribution in [0.2, 0.25) is 0 Å². The van der Waals surface area contributed by atoms with Crippen molar-refractivity contribution in [3.05, 3.63) is 35.9 Å². The Bertz CT molecular complexity index is 257. The van der Waals surface area contributed by atoms with Gasteiger partial charge in [-0.15, -0.1) is 0 Å². The molecular formula is C10H15NO3. The van der Waals surface area contributed by atoms with Crippen molar-refractivity contribution in [3.63, 3.8) is 0 Å². The maximum absolute atomic E-state index is 8.56. The predicted molar refractivity (Wildman–Crippen MR) is 54.6 cm³/mol. The molecule has 0 saturated heterocycles. The summed E-state index contributed by atoms with van der Waals surface area (Å²) in [5.41, 5.74) is 6.83. The molecule has 0 saturated carbocycles. The Labute approximate surface area is 83.0 Å². The Morgan fingerprint density at radius 1 is 1.36 bits per heavy atom. The molecule has 0 aliphatic heterocycles. The number of benzene rings is 1. The highest BCUT2D eigenvalue weighted by atomic mass is 16.6. The third kappa shape index (κ3) is 6.02. The number of carboxylic acid groups (broad SMARTS) is 2. The summed E-state index contributed by atoms with van der Waals surface area (Å²) in [6, 6.07) is 10.3. The molecule has 1 aromatic rings. The lowest BCUT2D eigenvalue weighted by molar-refractivity contribution is 0.137. The first-order valence-corrected chi connectivity index (χ1v) is 4.24. The van der Waals surface area contributed by atoms with Gasteiger partial charge in [-0.2, -0.15) is 0 Å². The van der Waals surface area contributed by atoms with Gasteiger partial charge in [0.2, 0.25) is 0 Å². The van der Waals surface area contributed by atoms with Crippen LogP contribution in [0.1, 0.15) is 18.4 Å². The van der Waals surface area contributed by atoms with E-state index in [9.17, 15) is 0 Å². The molecule has 14 heavy (non-hydrogen) atoms. The monoisotopic (exact) mass is 197 g/mol. The molecule has 4 N–H and O–H groups in total. The molecule has 0 aromatic heterocycles. The van der Waals surface area contributed by atoms with E-state index in [4.69, 9.17) is 20.7 Å². The third-order valence-electron chi connectivity index (χ3n) is 1.72. The summed E-state index contributed by atoms with van der Waals surface area (Å²) in [5, 5.41) is 13.9. The molecule has 0 radical (unpaired) electrons. The van der Waals surface area contributed by atoms with Crippen LogP contribution in [0.3, 0.4) is 0 Å². The van der Waals surface area contributed by atoms with Crippen molar-refractivity contribution in [2.45, 2.75) is 12.8 Å². The third-order valence-corrected chi connectivity index (χ3v) is 1.72. The molecule has 4 nitrogen and oxygen atoms in total. The van der Waals surface area contributed by atoms with Gasteiger partial charge in [-0.3, -0.25) is 0 Å². The van der Waals surface area contributed by atoms with Crippen molar-refractivity contribution in [3.8, 4) is 0 Å². The molecule has 0 fully saturated rings. The summed E-state index contributed by atoms with van der Waals surface area (Å²) in [5.74, 6) is 0.487. The van der Waals surface area contributed by atoms with Gasteiger partial charge in [0.25, 0.3) is 0 Å². The first kappa shape index (κ1) is 12.4. The molecule has 0 aliphatic rings. The van der Waals surface area contributed by atoms with Crippen LogP contribution < -0.4 is 5.73 Å². The van der Waals surface area contributed by atoms with Crippen LogP contribution in [-0.2, 0) is 0 Å². The first-order valence-electron chi connectivity index (χ1n) is 4.24. The standard InChI is InChI=1S/C9H13N.CH2O3/c1-8(7-10)9-5-3-2-4-6-9;2-1(3)4/h2-6,8H,7,10H2,1H3;(H2,2,3,4). The molecule has 0 amide bonds. The minimum atomic E-state index is -1.83. The Morgan fingerprint density at radius 2 is 1.79 bits per heavy atom. The Balaban J connectivity index is 0.000000364. The maximum atomic E-state index is 8.56. The zero-order valence-electron chi connectivity index (χ0n) is 8.05. The summed E-state index contributed by atoms with van der Waals surface area (Å²) in [7, 11) is 0. The second kappa shape index (κ2) is 6.91. The Kier molecular flexibility index (Phi) is 6.15. The SMILES string of the molecule is CC(CN)c1ccccc1.O=C(O)O. The van der Waals surface area contributed by atoms with E-state index in [1.807, 2.05) is 18.2 Å². The number of hydrogen-bond acceptors (Lipinski definition) is 2. The number of carbonyl (C=O) groups is 1. The molecule has 0 spiro atoms. The summed E-state index contributed by atoms with van der Waals surface area (Å²) in [6.07, 6.45) is -1.83. The van der Waals surface area contributed by atoms with Crippen molar-refractivity contribution in [1.82, 2.24) is 0 Å². The fraction of sp³-hybridized carbons (Fsp3) is 0.300. The van der Waals surface area contributed by atoms with Gasteiger partial charge in [0.15, 0.2) is 0 Å². The summed E-state index contributed by atoms with van der Waals surface area (Å²) in [4.78, 5) is 8.56. The second-order valence-corrected chi connectivity index (χ2v) is 2.83. The van der Waals surface area contributed by atoms with E-state index in [1.165, 1.54) is 5.56 Å². The average Bonchev–Trinajstić information content (AvgIpc) is 2.17. The molecule has 1 atom stereocenters. The van der Waals surface area contributed by atoms with E-state index in [0.29, 0.717) is 5.92 Å². The molecule has 78 valence electrons. The lowest BCUT2D eigenvalue weighted by Crippen LogP contribution is -2.08. The van der Waals surface area contributed by atoms with E-state index in [-0.39, 0.29) is 0 Å². The number of hydrogen-bond donors (Lipinski definition) is 3. The smallest absolute Gasteiger partial charge is 0.450 e. The van der Waals surface area contributed by atoms with Gasteiger partial charge in [-0.25, -0.2) is 4.79 Å². The lowest BCUT2D eigenvalue weighted by Gasteiger charge is -2.06. The highest BCUT2D eigenvalue weighted by Gasteiger charge is 1.99. The van der Waals surface area contributed by atoms with E-state index in [2.05, 4.69) is 19.1 Å². The summed E-state index contributed by atoms with van der Waals surface area (Å²) >= 11 is 0. The lowest BCUT2D eigenvalue weighted by atomic mass is 10.0. The zero-order chi connectivity index (χ0) is 11.0. The van der Waals surface area contributed by atoms with Crippen molar-refractivity contribution >= 4 is 6.16 Å². The van der Waals surface area contributed by atoms with E-state index in [0.717, 1.165) is 6.54 Å². The normalized spacial score (nSPS) is 11.0. The molecule has 0 aliphatic carbocycles. The van der Waals surface area contributed by atoms with Crippen molar-refractivity contribution in [2.24, 2.45) is 5.73 Å². The van der Waals surface area contributed by atoms with Crippen molar-refractivity contribution in [1.29, 1.82) is 0 Å². The zero-order valence-corrected chi connectivity index (χ0v) is 8.05. The molecule has 1 aromatic carbocycles. The van der Waals surface area contributed by atoms with Crippen LogP contribution in [-0.4, -0.2) is 22.9 Å². The fourth-order valence-electron chi connectivity index (χ4n) is 0.918. The largest absolute Gasteiger partial charge is 0.503 e. The van der Waals surface area contributed by atoms with Crippen LogP contribution >= 0.6 is 0 Å². The van der Waals surface area contributed by atoms with E-state index < -0.39 is 6.16 Å². The number of nitrogens with two attached hydrogens (primary N) is 1.